The summed E-state index contributed by atoms with van der Waals surface area (Å²) < 4.78 is 21.5. The van der Waals surface area contributed by atoms with Crippen LogP contribution in [-0.4, -0.2) is 79.4 Å². The number of ether oxygens (including phenoxy) is 1. The standard InChI is InChI=1S/C27H33FN8O3/c1-16(21-10-18-15-34(2)8-9-36(18)33-21)30-25(37)17-4-7-35(27(13-17)5-6-27)26(38)23-12-22(31-32-23)19-11-24(39-3)29-14-20(19)28/h10-12,14,16-17H,4-9,13,15H2,1-3H3,(H,30,37)(H,31,32)/t16-,17?/m1/s1. The maximum absolute atomic E-state index is 14.4. The first-order valence-corrected chi connectivity index (χ1v) is 13.4. The van der Waals surface area contributed by atoms with E-state index >= 15 is 0 Å². The van der Waals surface area contributed by atoms with Crippen molar-refractivity contribution in [3.8, 4) is 17.1 Å². The van der Waals surface area contributed by atoms with Gasteiger partial charge in [-0.25, -0.2) is 9.37 Å². The van der Waals surface area contributed by atoms with Gasteiger partial charge < -0.3 is 15.0 Å². The van der Waals surface area contributed by atoms with Crippen LogP contribution in [-0.2, 0) is 17.9 Å². The number of pyridine rings is 1. The van der Waals surface area contributed by atoms with E-state index in [4.69, 9.17) is 9.84 Å². The number of carbonyl (C=O) groups is 2. The molecule has 0 bridgehead atoms. The molecule has 1 saturated heterocycles. The minimum atomic E-state index is -0.541. The van der Waals surface area contributed by atoms with Crippen molar-refractivity contribution >= 4 is 11.8 Å². The molecule has 39 heavy (non-hydrogen) atoms. The number of carbonyl (C=O) groups excluding carboxylic acids is 2. The Kier molecular flexibility index (Phi) is 6.37. The number of likely N-dealkylation sites (N-methyl/N-ethyl adjacent to an activating group) is 1. The predicted molar refractivity (Wildman–Crippen MR) is 139 cm³/mol. The van der Waals surface area contributed by atoms with E-state index in [9.17, 15) is 14.0 Å². The Morgan fingerprint density at radius 3 is 2.82 bits per heavy atom. The lowest BCUT2D eigenvalue weighted by molar-refractivity contribution is -0.128. The second kappa shape index (κ2) is 9.74. The van der Waals surface area contributed by atoms with Gasteiger partial charge in [0.2, 0.25) is 11.8 Å². The van der Waals surface area contributed by atoms with E-state index in [0.717, 1.165) is 50.1 Å². The fourth-order valence-electron chi connectivity index (χ4n) is 5.83. The number of hydrogen-bond acceptors (Lipinski definition) is 7. The number of rotatable bonds is 6. The molecule has 12 heteroatoms. The zero-order valence-corrected chi connectivity index (χ0v) is 22.4. The van der Waals surface area contributed by atoms with Crippen molar-refractivity contribution < 1.29 is 18.7 Å². The normalized spacial score (nSPS) is 20.9. The van der Waals surface area contributed by atoms with Gasteiger partial charge in [-0.2, -0.15) is 10.2 Å². The summed E-state index contributed by atoms with van der Waals surface area (Å²) in [6.45, 7) is 5.10. The summed E-state index contributed by atoms with van der Waals surface area (Å²) in [5, 5.41) is 14.8. The second-order valence-corrected chi connectivity index (χ2v) is 11.0. The van der Waals surface area contributed by atoms with Crippen molar-refractivity contribution in [2.24, 2.45) is 5.92 Å². The van der Waals surface area contributed by atoms with Crippen molar-refractivity contribution in [1.29, 1.82) is 0 Å². The third-order valence-corrected chi connectivity index (χ3v) is 8.28. The van der Waals surface area contributed by atoms with Gasteiger partial charge in [-0.05, 0) is 51.8 Å². The topological polar surface area (TPSA) is 121 Å². The van der Waals surface area contributed by atoms with E-state index in [1.165, 1.54) is 13.2 Å². The molecule has 1 aliphatic carbocycles. The van der Waals surface area contributed by atoms with Crippen LogP contribution in [0.4, 0.5) is 4.39 Å². The van der Waals surface area contributed by atoms with Crippen molar-refractivity contribution in [1.82, 2.24) is 40.1 Å². The van der Waals surface area contributed by atoms with Crippen LogP contribution in [0.25, 0.3) is 11.3 Å². The SMILES string of the molecule is COc1cc(-c2cc(C(=O)N3CCC(C(=O)N[C@H](C)c4cc5n(n4)CCN(C)C5)CC34CC4)n[nH]2)c(F)cn1. The van der Waals surface area contributed by atoms with Gasteiger partial charge in [0.05, 0.1) is 43.0 Å². The van der Waals surface area contributed by atoms with Crippen LogP contribution in [0.5, 0.6) is 5.88 Å². The number of fused-ring (bicyclic) bond motifs is 1. The molecule has 0 radical (unpaired) electrons. The van der Waals surface area contributed by atoms with E-state index in [2.05, 4.69) is 38.5 Å². The molecule has 1 saturated carbocycles. The van der Waals surface area contributed by atoms with Gasteiger partial charge in [0.25, 0.3) is 5.91 Å². The number of H-pyrrole nitrogens is 1. The molecule has 1 unspecified atom stereocenters. The molecule has 2 amide bonds. The summed E-state index contributed by atoms with van der Waals surface area (Å²) in [5.41, 5.74) is 2.53. The number of piperidine rings is 1. The van der Waals surface area contributed by atoms with Gasteiger partial charge in [-0.15, -0.1) is 0 Å². The molecule has 3 aromatic heterocycles. The molecule has 3 aliphatic rings. The minimum absolute atomic E-state index is 0.00753. The van der Waals surface area contributed by atoms with Gasteiger partial charge in [0.1, 0.15) is 0 Å². The maximum atomic E-state index is 14.4. The number of nitrogens with one attached hydrogen (secondary N) is 2. The molecule has 0 aromatic carbocycles. The van der Waals surface area contributed by atoms with Crippen LogP contribution >= 0.6 is 0 Å². The first-order chi connectivity index (χ1) is 18.8. The highest BCUT2D eigenvalue weighted by atomic mass is 19.1. The minimum Gasteiger partial charge on any atom is -0.481 e. The van der Waals surface area contributed by atoms with Crippen LogP contribution in [0.2, 0.25) is 0 Å². The summed E-state index contributed by atoms with van der Waals surface area (Å²) in [4.78, 5) is 34.7. The fourth-order valence-corrected chi connectivity index (χ4v) is 5.83. The smallest absolute Gasteiger partial charge is 0.274 e. The first-order valence-electron chi connectivity index (χ1n) is 13.4. The number of likely N-dealkylation sites (tertiary alicyclic amines) is 1. The number of aromatic nitrogens is 5. The summed E-state index contributed by atoms with van der Waals surface area (Å²) in [6, 6.07) is 4.90. The lowest BCUT2D eigenvalue weighted by atomic mass is 9.87. The largest absolute Gasteiger partial charge is 0.481 e. The van der Waals surface area contributed by atoms with Gasteiger partial charge in [-0.1, -0.05) is 0 Å². The number of hydrogen-bond donors (Lipinski definition) is 2. The number of amides is 2. The summed E-state index contributed by atoms with van der Waals surface area (Å²) in [5.74, 6) is -0.650. The first kappa shape index (κ1) is 25.5. The number of methoxy groups -OCH3 is 1. The molecule has 11 nitrogen and oxygen atoms in total. The molecule has 3 aromatic rings. The lowest BCUT2D eigenvalue weighted by Crippen LogP contribution is -2.51. The fraction of sp³-hybridized carbons (Fsp3) is 0.519. The highest BCUT2D eigenvalue weighted by Crippen LogP contribution is 2.50. The van der Waals surface area contributed by atoms with E-state index in [0.29, 0.717) is 25.1 Å². The Bertz CT molecular complexity index is 1410. The van der Waals surface area contributed by atoms with Gasteiger partial charge >= 0.3 is 0 Å². The van der Waals surface area contributed by atoms with Gasteiger partial charge in [0, 0.05) is 42.7 Å². The lowest BCUT2D eigenvalue weighted by Gasteiger charge is -2.39. The van der Waals surface area contributed by atoms with Crippen LogP contribution < -0.4 is 10.1 Å². The molecular weight excluding hydrogens is 503 g/mol. The molecule has 206 valence electrons. The van der Waals surface area contributed by atoms with Crippen molar-refractivity contribution in [3.05, 3.63) is 47.3 Å². The second-order valence-electron chi connectivity index (χ2n) is 11.0. The van der Waals surface area contributed by atoms with E-state index < -0.39 is 5.82 Å². The average molecular weight is 537 g/mol. The molecule has 6 rings (SSSR count). The zero-order chi connectivity index (χ0) is 27.3. The molecule has 2 atom stereocenters. The third kappa shape index (κ3) is 4.77. The Morgan fingerprint density at radius 1 is 1.23 bits per heavy atom. The molecular formula is C27H33FN8O3. The van der Waals surface area contributed by atoms with Crippen LogP contribution in [0.15, 0.2) is 24.4 Å². The molecule has 1 spiro atoms. The number of halogens is 1. The zero-order valence-electron chi connectivity index (χ0n) is 22.4. The van der Waals surface area contributed by atoms with Gasteiger partial charge in [-0.3, -0.25) is 24.3 Å². The van der Waals surface area contributed by atoms with Crippen LogP contribution in [0, 0.1) is 11.7 Å². The molecule has 2 aliphatic heterocycles. The number of nitrogens with zero attached hydrogens (tertiary/aromatic N) is 6. The molecule has 5 heterocycles. The number of aromatic amines is 1. The summed E-state index contributed by atoms with van der Waals surface area (Å²) in [6.07, 6.45) is 3.98. The highest BCUT2D eigenvalue weighted by molar-refractivity contribution is 5.94. The summed E-state index contributed by atoms with van der Waals surface area (Å²) in [7, 11) is 3.55. The van der Waals surface area contributed by atoms with E-state index in [-0.39, 0.29) is 46.5 Å². The Hall–Kier alpha value is -3.80. The van der Waals surface area contributed by atoms with Crippen molar-refractivity contribution in [2.45, 2.75) is 57.3 Å². The monoisotopic (exact) mass is 536 g/mol. The predicted octanol–water partition coefficient (Wildman–Crippen LogP) is 2.52. The van der Waals surface area contributed by atoms with Crippen molar-refractivity contribution in [2.75, 3.05) is 27.2 Å². The Balaban J connectivity index is 1.11. The Labute approximate surface area is 225 Å². The van der Waals surface area contributed by atoms with Crippen LogP contribution in [0.1, 0.15) is 60.5 Å². The van der Waals surface area contributed by atoms with Gasteiger partial charge in [0.15, 0.2) is 11.5 Å². The quantitative estimate of drug-likeness (QED) is 0.497. The van der Waals surface area contributed by atoms with E-state index in [1.807, 2.05) is 16.5 Å². The average Bonchev–Trinajstić information content (AvgIpc) is 3.33. The highest BCUT2D eigenvalue weighted by Gasteiger charge is 2.54. The summed E-state index contributed by atoms with van der Waals surface area (Å²) >= 11 is 0. The molecule has 2 N–H and O–H groups in total. The van der Waals surface area contributed by atoms with Crippen molar-refractivity contribution in [3.63, 3.8) is 0 Å². The Morgan fingerprint density at radius 2 is 2.05 bits per heavy atom. The third-order valence-electron chi connectivity index (χ3n) is 8.28. The van der Waals surface area contributed by atoms with E-state index in [1.54, 1.807) is 6.07 Å². The maximum Gasteiger partial charge on any atom is 0.274 e. The molecule has 2 fully saturated rings. The van der Waals surface area contributed by atoms with Crippen LogP contribution in [0.3, 0.4) is 0 Å².